The zero-order chi connectivity index (χ0) is 11.4. The molecule has 0 radical (unpaired) electrons. The Morgan fingerprint density at radius 1 is 1.50 bits per heavy atom. The van der Waals surface area contributed by atoms with Gasteiger partial charge < -0.3 is 10.6 Å². The second-order valence-electron chi connectivity index (χ2n) is 4.56. The number of nitrogens with two attached hydrogens (primary N) is 1. The molecule has 0 saturated heterocycles. The van der Waals surface area contributed by atoms with Crippen LogP contribution in [-0.4, -0.2) is 24.1 Å². The van der Waals surface area contributed by atoms with Gasteiger partial charge in [-0.15, -0.1) is 0 Å². The molecule has 1 aromatic heterocycles. The van der Waals surface area contributed by atoms with Crippen molar-refractivity contribution in [3.8, 4) is 0 Å². The molecule has 1 fully saturated rings. The van der Waals surface area contributed by atoms with E-state index in [1.54, 1.807) is 0 Å². The topological polar surface area (TPSA) is 42.2 Å². The fraction of sp³-hybridized carbons (Fsp3) is 0.615. The Hall–Kier alpha value is -1.09. The summed E-state index contributed by atoms with van der Waals surface area (Å²) in [5.74, 6) is 1.15. The predicted octanol–water partition coefficient (Wildman–Crippen LogP) is 2.10. The highest BCUT2D eigenvalue weighted by Gasteiger charge is 2.26. The first kappa shape index (κ1) is 11.4. The van der Waals surface area contributed by atoms with Gasteiger partial charge in [-0.05, 0) is 50.8 Å². The molecule has 16 heavy (non-hydrogen) atoms. The Balaban J connectivity index is 2.13. The molecule has 2 N–H and O–H groups in total. The van der Waals surface area contributed by atoms with Crippen LogP contribution in [-0.2, 0) is 0 Å². The normalized spacial score (nSPS) is 15.9. The molecule has 3 nitrogen and oxygen atoms in total. The van der Waals surface area contributed by atoms with Crippen molar-refractivity contribution in [2.24, 2.45) is 5.73 Å². The quantitative estimate of drug-likeness (QED) is 0.824. The molecule has 2 rings (SSSR count). The monoisotopic (exact) mass is 219 g/mol. The highest BCUT2D eigenvalue weighted by molar-refractivity contribution is 5.47. The summed E-state index contributed by atoms with van der Waals surface area (Å²) in [6, 6.07) is 4.83. The van der Waals surface area contributed by atoms with E-state index in [2.05, 4.69) is 22.9 Å². The number of anilines is 1. The van der Waals surface area contributed by atoms with Gasteiger partial charge in [-0.3, -0.25) is 0 Å². The van der Waals surface area contributed by atoms with Crippen LogP contribution in [0.25, 0.3) is 0 Å². The zero-order valence-electron chi connectivity index (χ0n) is 10.0. The standard InChI is InChI=1S/C13H21N3/c1-11-5-3-9-15-13(11)16(10-4-8-14)12-6-2-7-12/h3,5,9,12H,2,4,6-8,10,14H2,1H3. The molecule has 88 valence electrons. The summed E-state index contributed by atoms with van der Waals surface area (Å²) in [6.07, 6.45) is 6.90. The third kappa shape index (κ3) is 2.35. The number of hydrogen-bond donors (Lipinski definition) is 1. The molecule has 0 spiro atoms. The van der Waals surface area contributed by atoms with E-state index in [-0.39, 0.29) is 0 Å². The van der Waals surface area contributed by atoms with E-state index in [4.69, 9.17) is 5.73 Å². The number of hydrogen-bond acceptors (Lipinski definition) is 3. The fourth-order valence-corrected chi connectivity index (χ4v) is 2.20. The Kier molecular flexibility index (Phi) is 3.78. The fourth-order valence-electron chi connectivity index (χ4n) is 2.20. The van der Waals surface area contributed by atoms with Crippen LogP contribution in [0, 0.1) is 6.92 Å². The zero-order valence-corrected chi connectivity index (χ0v) is 10.0. The van der Waals surface area contributed by atoms with E-state index < -0.39 is 0 Å². The largest absolute Gasteiger partial charge is 0.353 e. The van der Waals surface area contributed by atoms with Crippen molar-refractivity contribution in [1.29, 1.82) is 0 Å². The maximum absolute atomic E-state index is 5.61. The van der Waals surface area contributed by atoms with E-state index >= 15 is 0 Å². The minimum atomic E-state index is 0.695. The summed E-state index contributed by atoms with van der Waals surface area (Å²) in [6.45, 7) is 3.94. The van der Waals surface area contributed by atoms with Gasteiger partial charge in [-0.25, -0.2) is 4.98 Å². The Morgan fingerprint density at radius 3 is 2.88 bits per heavy atom. The van der Waals surface area contributed by atoms with Gasteiger partial charge in [0.05, 0.1) is 0 Å². The maximum atomic E-state index is 5.61. The van der Waals surface area contributed by atoms with Crippen LogP contribution in [0.5, 0.6) is 0 Å². The van der Waals surface area contributed by atoms with Gasteiger partial charge in [0.15, 0.2) is 0 Å². The number of aromatic nitrogens is 1. The lowest BCUT2D eigenvalue weighted by molar-refractivity contribution is 0.382. The second kappa shape index (κ2) is 5.30. The Bertz CT molecular complexity index is 334. The van der Waals surface area contributed by atoms with E-state index in [0.29, 0.717) is 6.04 Å². The van der Waals surface area contributed by atoms with Gasteiger partial charge in [0, 0.05) is 18.8 Å². The van der Waals surface area contributed by atoms with Crippen molar-refractivity contribution in [2.75, 3.05) is 18.0 Å². The molecule has 0 aromatic carbocycles. The van der Waals surface area contributed by atoms with Crippen molar-refractivity contribution in [2.45, 2.75) is 38.6 Å². The molecule has 1 aliphatic rings. The van der Waals surface area contributed by atoms with Crippen LogP contribution in [0.3, 0.4) is 0 Å². The summed E-state index contributed by atoms with van der Waals surface area (Å²) in [7, 11) is 0. The van der Waals surface area contributed by atoms with Crippen molar-refractivity contribution in [3.63, 3.8) is 0 Å². The SMILES string of the molecule is Cc1cccnc1N(CCCN)C1CCC1. The molecule has 1 aromatic rings. The molecule has 0 amide bonds. The van der Waals surface area contributed by atoms with Crippen molar-refractivity contribution >= 4 is 5.82 Å². The first-order chi connectivity index (χ1) is 7.83. The maximum Gasteiger partial charge on any atom is 0.131 e. The van der Waals surface area contributed by atoms with Crippen LogP contribution >= 0.6 is 0 Å². The first-order valence-corrected chi connectivity index (χ1v) is 6.21. The second-order valence-corrected chi connectivity index (χ2v) is 4.56. The highest BCUT2D eigenvalue weighted by Crippen LogP contribution is 2.29. The van der Waals surface area contributed by atoms with Crippen molar-refractivity contribution in [3.05, 3.63) is 23.9 Å². The average molecular weight is 219 g/mol. The van der Waals surface area contributed by atoms with Crippen molar-refractivity contribution < 1.29 is 0 Å². The van der Waals surface area contributed by atoms with E-state index in [1.807, 2.05) is 12.3 Å². The smallest absolute Gasteiger partial charge is 0.131 e. The molecule has 0 bridgehead atoms. The number of pyridine rings is 1. The Labute approximate surface area is 97.7 Å². The molecule has 1 heterocycles. The number of nitrogens with zero attached hydrogens (tertiary/aromatic N) is 2. The highest BCUT2D eigenvalue weighted by atomic mass is 15.2. The number of rotatable bonds is 5. The van der Waals surface area contributed by atoms with Gasteiger partial charge in [0.2, 0.25) is 0 Å². The van der Waals surface area contributed by atoms with Crippen molar-refractivity contribution in [1.82, 2.24) is 4.98 Å². The van der Waals surface area contributed by atoms with Gasteiger partial charge >= 0.3 is 0 Å². The van der Waals surface area contributed by atoms with Gasteiger partial charge in [-0.2, -0.15) is 0 Å². The lowest BCUT2D eigenvalue weighted by atomic mass is 9.91. The van der Waals surface area contributed by atoms with Gasteiger partial charge in [0.25, 0.3) is 0 Å². The van der Waals surface area contributed by atoms with Crippen LogP contribution in [0.4, 0.5) is 5.82 Å². The molecule has 1 saturated carbocycles. The minimum Gasteiger partial charge on any atom is -0.353 e. The van der Waals surface area contributed by atoms with Gasteiger partial charge in [0.1, 0.15) is 5.82 Å². The summed E-state index contributed by atoms with van der Waals surface area (Å²) in [5, 5.41) is 0. The predicted molar refractivity (Wildman–Crippen MR) is 67.6 cm³/mol. The average Bonchev–Trinajstić information content (AvgIpc) is 2.22. The molecular formula is C13H21N3. The van der Waals surface area contributed by atoms with Gasteiger partial charge in [-0.1, -0.05) is 6.07 Å². The molecule has 0 aliphatic heterocycles. The van der Waals surface area contributed by atoms with E-state index in [0.717, 1.165) is 25.3 Å². The molecule has 0 unspecified atom stereocenters. The number of aryl methyl sites for hydroxylation is 1. The van der Waals surface area contributed by atoms with E-state index in [9.17, 15) is 0 Å². The Morgan fingerprint density at radius 2 is 2.31 bits per heavy atom. The summed E-state index contributed by atoms with van der Waals surface area (Å²) < 4.78 is 0. The summed E-state index contributed by atoms with van der Waals surface area (Å²) in [5.41, 5.74) is 6.88. The van der Waals surface area contributed by atoms with Crippen LogP contribution < -0.4 is 10.6 Å². The van der Waals surface area contributed by atoms with Crippen LogP contribution in [0.1, 0.15) is 31.2 Å². The molecule has 0 atom stereocenters. The lowest BCUT2D eigenvalue weighted by Crippen LogP contribution is -2.42. The molecular weight excluding hydrogens is 198 g/mol. The molecule has 3 heteroatoms. The third-order valence-corrected chi connectivity index (χ3v) is 3.37. The van der Waals surface area contributed by atoms with Crippen LogP contribution in [0.2, 0.25) is 0 Å². The third-order valence-electron chi connectivity index (χ3n) is 3.37. The molecule has 1 aliphatic carbocycles. The summed E-state index contributed by atoms with van der Waals surface area (Å²) >= 11 is 0. The lowest BCUT2D eigenvalue weighted by Gasteiger charge is -2.39. The summed E-state index contributed by atoms with van der Waals surface area (Å²) in [4.78, 5) is 6.97. The minimum absolute atomic E-state index is 0.695. The first-order valence-electron chi connectivity index (χ1n) is 6.21. The van der Waals surface area contributed by atoms with E-state index in [1.165, 1.54) is 24.8 Å². The van der Waals surface area contributed by atoms with Crippen LogP contribution in [0.15, 0.2) is 18.3 Å².